The van der Waals surface area contributed by atoms with E-state index in [2.05, 4.69) is 41.2 Å². The number of hydrogen-bond acceptors (Lipinski definition) is 4. The zero-order valence-corrected chi connectivity index (χ0v) is 11.4. The summed E-state index contributed by atoms with van der Waals surface area (Å²) in [7, 11) is 0. The minimum atomic E-state index is 0.125. The number of nitrogens with two attached hydrogens (primary N) is 1. The Morgan fingerprint density at radius 1 is 1.17 bits per heavy atom. The summed E-state index contributed by atoms with van der Waals surface area (Å²) in [6.45, 7) is 4.07. The van der Waals surface area contributed by atoms with Crippen molar-refractivity contribution < 1.29 is 0 Å². The highest BCUT2D eigenvalue weighted by molar-refractivity contribution is 7.99. The lowest BCUT2D eigenvalue weighted by Crippen LogP contribution is -2.07. The molecule has 0 fully saturated rings. The van der Waals surface area contributed by atoms with Gasteiger partial charge in [0.1, 0.15) is 0 Å². The Hall–Kier alpha value is -1.39. The molecule has 1 aromatic heterocycles. The molecule has 2 rings (SSSR count). The average Bonchev–Trinajstić information content (AvgIpc) is 2.41. The van der Waals surface area contributed by atoms with Crippen molar-refractivity contribution in [2.45, 2.75) is 36.4 Å². The second-order valence-corrected chi connectivity index (χ2v) is 5.27. The highest BCUT2D eigenvalue weighted by Crippen LogP contribution is 2.25. The van der Waals surface area contributed by atoms with Crippen LogP contribution in [0.4, 0.5) is 0 Å². The first-order valence-corrected chi connectivity index (χ1v) is 6.82. The van der Waals surface area contributed by atoms with E-state index >= 15 is 0 Å². The Morgan fingerprint density at radius 3 is 2.33 bits per heavy atom. The van der Waals surface area contributed by atoms with Crippen LogP contribution in [0, 0.1) is 6.92 Å². The molecule has 0 spiro atoms. The van der Waals surface area contributed by atoms with E-state index in [-0.39, 0.29) is 6.04 Å². The van der Waals surface area contributed by atoms with Crippen molar-refractivity contribution in [2.24, 2.45) is 5.73 Å². The molecule has 4 heteroatoms. The van der Waals surface area contributed by atoms with Crippen molar-refractivity contribution in [2.75, 3.05) is 0 Å². The normalized spacial score (nSPS) is 12.4. The average molecular weight is 259 g/mol. The van der Waals surface area contributed by atoms with Crippen molar-refractivity contribution in [1.29, 1.82) is 0 Å². The highest BCUT2D eigenvalue weighted by atomic mass is 32.2. The molecule has 0 amide bonds. The lowest BCUT2D eigenvalue weighted by molar-refractivity contribution is 0.698. The fourth-order valence-corrected chi connectivity index (χ4v) is 2.25. The van der Waals surface area contributed by atoms with Crippen LogP contribution in [0.25, 0.3) is 0 Å². The van der Waals surface area contributed by atoms with Gasteiger partial charge in [-0.2, -0.15) is 0 Å². The highest BCUT2D eigenvalue weighted by Gasteiger charge is 2.04. The third-order valence-corrected chi connectivity index (χ3v) is 3.62. The van der Waals surface area contributed by atoms with Crippen LogP contribution in [0.2, 0.25) is 0 Å². The van der Waals surface area contributed by atoms with E-state index in [9.17, 15) is 0 Å². The monoisotopic (exact) mass is 259 g/mol. The van der Waals surface area contributed by atoms with Gasteiger partial charge in [0.05, 0.1) is 0 Å². The Kier molecular flexibility index (Phi) is 4.33. The first-order valence-electron chi connectivity index (χ1n) is 6.01. The largest absolute Gasteiger partial charge is 0.324 e. The Bertz CT molecular complexity index is 493. The first kappa shape index (κ1) is 13.1. The van der Waals surface area contributed by atoms with Crippen molar-refractivity contribution >= 4 is 11.8 Å². The number of benzene rings is 1. The molecule has 0 aliphatic rings. The lowest BCUT2D eigenvalue weighted by atomic mass is 10.1. The summed E-state index contributed by atoms with van der Waals surface area (Å²) in [4.78, 5) is 9.68. The minimum Gasteiger partial charge on any atom is -0.324 e. The summed E-state index contributed by atoms with van der Waals surface area (Å²) in [5.41, 5.74) is 8.23. The summed E-state index contributed by atoms with van der Waals surface area (Å²) < 4.78 is 0. The van der Waals surface area contributed by atoms with E-state index in [0.29, 0.717) is 0 Å². The van der Waals surface area contributed by atoms with Crippen molar-refractivity contribution in [3.05, 3.63) is 47.8 Å². The molecule has 0 radical (unpaired) electrons. The molecule has 3 nitrogen and oxygen atoms in total. The molecule has 1 atom stereocenters. The molecule has 0 saturated heterocycles. The predicted molar refractivity (Wildman–Crippen MR) is 74.6 cm³/mol. The van der Waals surface area contributed by atoms with Gasteiger partial charge in [-0.25, -0.2) is 9.97 Å². The quantitative estimate of drug-likeness (QED) is 0.856. The minimum absolute atomic E-state index is 0.125. The summed E-state index contributed by atoms with van der Waals surface area (Å²) in [6.07, 6.45) is 4.61. The van der Waals surface area contributed by atoms with Gasteiger partial charge in [-0.1, -0.05) is 19.1 Å². The maximum Gasteiger partial charge on any atom is 0.192 e. The molecule has 1 unspecified atom stereocenters. The molecule has 2 aromatic rings. The topological polar surface area (TPSA) is 51.8 Å². The summed E-state index contributed by atoms with van der Waals surface area (Å²) in [5.74, 6) is 0. The third-order valence-electron chi connectivity index (χ3n) is 2.71. The molecular weight excluding hydrogens is 242 g/mol. The summed E-state index contributed by atoms with van der Waals surface area (Å²) >= 11 is 1.56. The van der Waals surface area contributed by atoms with Gasteiger partial charge in [0.2, 0.25) is 0 Å². The lowest BCUT2D eigenvalue weighted by Gasteiger charge is -2.09. The fourth-order valence-electron chi connectivity index (χ4n) is 1.56. The SMILES string of the molecule is CCC(N)c1ccc(Sc2ncc(C)cn2)cc1. The molecule has 18 heavy (non-hydrogen) atoms. The van der Waals surface area contributed by atoms with Crippen LogP contribution in [0.5, 0.6) is 0 Å². The van der Waals surface area contributed by atoms with E-state index in [0.717, 1.165) is 22.0 Å². The van der Waals surface area contributed by atoms with Crippen LogP contribution in [-0.2, 0) is 0 Å². The number of nitrogens with zero attached hydrogens (tertiary/aromatic N) is 2. The van der Waals surface area contributed by atoms with Crippen LogP contribution in [0.3, 0.4) is 0 Å². The molecular formula is C14H17N3S. The summed E-state index contributed by atoms with van der Waals surface area (Å²) in [5, 5.41) is 0.771. The third kappa shape index (κ3) is 3.31. The van der Waals surface area contributed by atoms with Crippen LogP contribution in [0.1, 0.15) is 30.5 Å². The molecule has 0 saturated carbocycles. The number of aryl methyl sites for hydroxylation is 1. The van der Waals surface area contributed by atoms with Crippen molar-refractivity contribution in [3.63, 3.8) is 0 Å². The van der Waals surface area contributed by atoms with Gasteiger partial charge in [0.25, 0.3) is 0 Å². The van der Waals surface area contributed by atoms with Gasteiger partial charge in [-0.05, 0) is 48.4 Å². The van der Waals surface area contributed by atoms with Crippen LogP contribution in [-0.4, -0.2) is 9.97 Å². The van der Waals surface area contributed by atoms with Crippen LogP contribution < -0.4 is 5.73 Å². The van der Waals surface area contributed by atoms with Crippen molar-refractivity contribution in [3.8, 4) is 0 Å². The number of hydrogen-bond donors (Lipinski definition) is 1. The van der Waals surface area contributed by atoms with Crippen molar-refractivity contribution in [1.82, 2.24) is 9.97 Å². The van der Waals surface area contributed by atoms with Crippen LogP contribution in [0.15, 0.2) is 46.7 Å². The van der Waals surface area contributed by atoms with Gasteiger partial charge < -0.3 is 5.73 Å². The Balaban J connectivity index is 2.08. The molecule has 1 heterocycles. The van der Waals surface area contributed by atoms with E-state index < -0.39 is 0 Å². The first-order chi connectivity index (χ1) is 8.69. The van der Waals surface area contributed by atoms with Gasteiger partial charge in [-0.3, -0.25) is 0 Å². The molecule has 0 bridgehead atoms. The Morgan fingerprint density at radius 2 is 1.78 bits per heavy atom. The maximum atomic E-state index is 5.98. The van der Waals surface area contributed by atoms with E-state index in [4.69, 9.17) is 5.73 Å². The smallest absolute Gasteiger partial charge is 0.192 e. The molecule has 94 valence electrons. The maximum absolute atomic E-state index is 5.98. The fraction of sp³-hybridized carbons (Fsp3) is 0.286. The standard InChI is InChI=1S/C14H17N3S/c1-3-13(15)11-4-6-12(7-5-11)18-14-16-8-10(2)9-17-14/h4-9,13H,3,15H2,1-2H3. The van der Waals surface area contributed by atoms with Gasteiger partial charge in [0.15, 0.2) is 5.16 Å². The number of aromatic nitrogens is 2. The van der Waals surface area contributed by atoms with E-state index in [1.165, 1.54) is 5.56 Å². The second-order valence-electron chi connectivity index (χ2n) is 4.23. The van der Waals surface area contributed by atoms with Gasteiger partial charge >= 0.3 is 0 Å². The van der Waals surface area contributed by atoms with Gasteiger partial charge in [0, 0.05) is 23.3 Å². The Labute approximate surface area is 112 Å². The predicted octanol–water partition coefficient (Wildman–Crippen LogP) is 3.35. The van der Waals surface area contributed by atoms with Crippen LogP contribution >= 0.6 is 11.8 Å². The van der Waals surface area contributed by atoms with E-state index in [1.807, 2.05) is 19.3 Å². The molecule has 2 N–H and O–H groups in total. The summed E-state index contributed by atoms with van der Waals surface area (Å²) in [6, 6.07) is 8.41. The number of rotatable bonds is 4. The molecule has 1 aromatic carbocycles. The zero-order valence-electron chi connectivity index (χ0n) is 10.6. The molecule has 0 aliphatic carbocycles. The molecule has 0 aliphatic heterocycles. The zero-order chi connectivity index (χ0) is 13.0. The van der Waals surface area contributed by atoms with E-state index in [1.54, 1.807) is 11.8 Å². The second kappa shape index (κ2) is 5.98. The van der Waals surface area contributed by atoms with Gasteiger partial charge in [-0.15, -0.1) is 0 Å².